The van der Waals surface area contributed by atoms with Crippen LogP contribution in [0.15, 0.2) is 24.5 Å². The van der Waals surface area contributed by atoms with E-state index in [2.05, 4.69) is 16.8 Å². The summed E-state index contributed by atoms with van der Waals surface area (Å²) in [6.45, 7) is 5.73. The van der Waals surface area contributed by atoms with E-state index in [1.165, 1.54) is 0 Å². The Morgan fingerprint density at radius 2 is 2.13 bits per heavy atom. The van der Waals surface area contributed by atoms with E-state index in [4.69, 9.17) is 11.1 Å². The van der Waals surface area contributed by atoms with Crippen LogP contribution in [0.4, 0.5) is 5.69 Å². The molecule has 1 unspecified atom stereocenters. The Hall–Kier alpha value is -1.58. The van der Waals surface area contributed by atoms with Gasteiger partial charge < -0.3 is 10.6 Å². The van der Waals surface area contributed by atoms with Crippen LogP contribution in [0, 0.1) is 11.3 Å². The molecule has 3 N–H and O–H groups in total. The van der Waals surface area contributed by atoms with Crippen LogP contribution >= 0.6 is 0 Å². The molecular weight excluding hydrogens is 188 g/mol. The second-order valence-corrected chi connectivity index (χ2v) is 3.60. The third-order valence-electron chi connectivity index (χ3n) is 2.43. The maximum absolute atomic E-state index is 7.37. The van der Waals surface area contributed by atoms with Gasteiger partial charge in [0.05, 0.1) is 5.84 Å². The molecule has 0 fully saturated rings. The fraction of sp³-hybridized carbons (Fsp3) is 0.455. The molecule has 1 atom stereocenters. The van der Waals surface area contributed by atoms with Gasteiger partial charge in [0.25, 0.3) is 0 Å². The van der Waals surface area contributed by atoms with Crippen molar-refractivity contribution in [1.29, 1.82) is 5.41 Å². The second-order valence-electron chi connectivity index (χ2n) is 3.60. The van der Waals surface area contributed by atoms with Crippen LogP contribution in [0.5, 0.6) is 0 Å². The Kier molecular flexibility index (Phi) is 4.09. The summed E-state index contributed by atoms with van der Waals surface area (Å²) in [7, 11) is 0. The molecule has 82 valence electrons. The van der Waals surface area contributed by atoms with Crippen LogP contribution in [0.25, 0.3) is 0 Å². The largest absolute Gasteiger partial charge is 0.387 e. The molecule has 0 saturated heterocycles. The molecule has 0 aliphatic rings. The number of pyridine rings is 1. The van der Waals surface area contributed by atoms with Crippen molar-refractivity contribution < 1.29 is 0 Å². The summed E-state index contributed by atoms with van der Waals surface area (Å²) in [5.41, 5.74) is 6.59. The fourth-order valence-electron chi connectivity index (χ4n) is 1.40. The first-order valence-electron chi connectivity index (χ1n) is 5.14. The third-order valence-corrected chi connectivity index (χ3v) is 2.43. The fourth-order valence-corrected chi connectivity index (χ4v) is 1.40. The molecule has 1 aromatic rings. The van der Waals surface area contributed by atoms with E-state index < -0.39 is 0 Å². The average Bonchev–Trinajstić information content (AvgIpc) is 2.26. The summed E-state index contributed by atoms with van der Waals surface area (Å²) in [4.78, 5) is 6.17. The van der Waals surface area contributed by atoms with E-state index in [0.717, 1.165) is 18.8 Å². The Morgan fingerprint density at radius 1 is 1.53 bits per heavy atom. The molecule has 1 aromatic heterocycles. The molecule has 0 saturated carbocycles. The van der Waals surface area contributed by atoms with Crippen LogP contribution in [0.2, 0.25) is 0 Å². The zero-order chi connectivity index (χ0) is 11.3. The van der Waals surface area contributed by atoms with Crippen molar-refractivity contribution in [3.63, 3.8) is 0 Å². The highest BCUT2D eigenvalue weighted by atomic mass is 15.1. The van der Waals surface area contributed by atoms with Gasteiger partial charge in [-0.25, -0.2) is 0 Å². The zero-order valence-corrected chi connectivity index (χ0v) is 9.27. The Bertz CT molecular complexity index is 310. The van der Waals surface area contributed by atoms with Gasteiger partial charge in [-0.1, -0.05) is 6.92 Å². The van der Waals surface area contributed by atoms with Crippen LogP contribution < -0.4 is 10.6 Å². The van der Waals surface area contributed by atoms with Crippen LogP contribution in [0.3, 0.4) is 0 Å². The SMILES string of the molecule is CCN(CC(C)C(=N)N)c1ccncc1. The predicted molar refractivity (Wildman–Crippen MR) is 63.2 cm³/mol. The minimum absolute atomic E-state index is 0.0816. The molecule has 1 heterocycles. The molecule has 4 heteroatoms. The van der Waals surface area contributed by atoms with E-state index in [-0.39, 0.29) is 11.8 Å². The second kappa shape index (κ2) is 5.34. The molecule has 0 amide bonds. The minimum Gasteiger partial charge on any atom is -0.387 e. The van der Waals surface area contributed by atoms with Gasteiger partial charge >= 0.3 is 0 Å². The van der Waals surface area contributed by atoms with Crippen molar-refractivity contribution in [2.24, 2.45) is 11.7 Å². The van der Waals surface area contributed by atoms with E-state index in [1.807, 2.05) is 19.1 Å². The topological polar surface area (TPSA) is 66.0 Å². The Morgan fingerprint density at radius 3 is 2.60 bits per heavy atom. The first-order chi connectivity index (χ1) is 7.15. The number of amidine groups is 1. The Balaban J connectivity index is 2.69. The average molecular weight is 206 g/mol. The molecule has 1 rings (SSSR count). The van der Waals surface area contributed by atoms with Gasteiger partial charge in [0.2, 0.25) is 0 Å². The molecule has 0 aliphatic carbocycles. The van der Waals surface area contributed by atoms with Crippen LogP contribution in [-0.4, -0.2) is 23.9 Å². The first-order valence-corrected chi connectivity index (χ1v) is 5.14. The van der Waals surface area contributed by atoms with Crippen molar-refractivity contribution in [2.75, 3.05) is 18.0 Å². The molecular formula is C11H18N4. The summed E-state index contributed by atoms with van der Waals surface area (Å²) in [6, 6.07) is 3.94. The van der Waals surface area contributed by atoms with Crippen LogP contribution in [0.1, 0.15) is 13.8 Å². The quantitative estimate of drug-likeness (QED) is 0.566. The van der Waals surface area contributed by atoms with Gasteiger partial charge in [-0.3, -0.25) is 10.4 Å². The molecule has 0 radical (unpaired) electrons. The molecule has 0 aliphatic heterocycles. The lowest BCUT2D eigenvalue weighted by atomic mass is 10.1. The molecule has 0 aromatic carbocycles. The maximum Gasteiger partial charge on any atom is 0.0952 e. The highest BCUT2D eigenvalue weighted by Crippen LogP contribution is 2.13. The number of nitrogens with one attached hydrogen (secondary N) is 1. The number of nitrogens with zero attached hydrogens (tertiary/aromatic N) is 2. The number of hydrogen-bond acceptors (Lipinski definition) is 3. The van der Waals surface area contributed by atoms with Gasteiger partial charge in [-0.15, -0.1) is 0 Å². The van der Waals surface area contributed by atoms with E-state index in [1.54, 1.807) is 12.4 Å². The number of rotatable bonds is 5. The summed E-state index contributed by atoms with van der Waals surface area (Å²) < 4.78 is 0. The van der Waals surface area contributed by atoms with Crippen molar-refractivity contribution >= 4 is 11.5 Å². The van der Waals surface area contributed by atoms with E-state index >= 15 is 0 Å². The summed E-state index contributed by atoms with van der Waals surface area (Å²) in [5.74, 6) is 0.320. The Labute approximate surface area is 90.6 Å². The van der Waals surface area contributed by atoms with Gasteiger partial charge in [0, 0.05) is 37.1 Å². The van der Waals surface area contributed by atoms with Crippen molar-refractivity contribution in [3.8, 4) is 0 Å². The van der Waals surface area contributed by atoms with Crippen molar-refractivity contribution in [2.45, 2.75) is 13.8 Å². The molecule has 4 nitrogen and oxygen atoms in total. The number of nitrogens with two attached hydrogens (primary N) is 1. The van der Waals surface area contributed by atoms with Crippen LogP contribution in [-0.2, 0) is 0 Å². The van der Waals surface area contributed by atoms with Gasteiger partial charge in [0.15, 0.2) is 0 Å². The normalized spacial score (nSPS) is 12.1. The standard InChI is InChI=1S/C11H18N4/c1-3-15(8-9(2)11(12)13)10-4-6-14-7-5-10/h4-7,9H,3,8H2,1-2H3,(H3,12,13). The number of aromatic nitrogens is 1. The zero-order valence-electron chi connectivity index (χ0n) is 9.27. The summed E-state index contributed by atoms with van der Waals surface area (Å²) >= 11 is 0. The molecule has 0 spiro atoms. The van der Waals surface area contributed by atoms with Gasteiger partial charge in [0.1, 0.15) is 0 Å². The lowest BCUT2D eigenvalue weighted by molar-refractivity contribution is 0.697. The minimum atomic E-state index is 0.0816. The lowest BCUT2D eigenvalue weighted by Crippen LogP contribution is -2.34. The van der Waals surface area contributed by atoms with E-state index in [9.17, 15) is 0 Å². The molecule has 15 heavy (non-hydrogen) atoms. The van der Waals surface area contributed by atoms with Gasteiger partial charge in [-0.2, -0.15) is 0 Å². The summed E-state index contributed by atoms with van der Waals surface area (Å²) in [5, 5.41) is 7.37. The highest BCUT2D eigenvalue weighted by Gasteiger charge is 2.11. The van der Waals surface area contributed by atoms with Gasteiger partial charge in [-0.05, 0) is 19.1 Å². The highest BCUT2D eigenvalue weighted by molar-refractivity contribution is 5.79. The number of anilines is 1. The monoisotopic (exact) mass is 206 g/mol. The molecule has 0 bridgehead atoms. The first kappa shape index (κ1) is 11.5. The smallest absolute Gasteiger partial charge is 0.0952 e. The summed E-state index contributed by atoms with van der Waals surface area (Å²) in [6.07, 6.45) is 3.55. The van der Waals surface area contributed by atoms with E-state index in [0.29, 0.717) is 0 Å². The maximum atomic E-state index is 7.37. The predicted octanol–water partition coefficient (Wildman–Crippen LogP) is 1.48. The lowest BCUT2D eigenvalue weighted by Gasteiger charge is -2.25. The van der Waals surface area contributed by atoms with Crippen molar-refractivity contribution in [3.05, 3.63) is 24.5 Å². The van der Waals surface area contributed by atoms with Crippen molar-refractivity contribution in [1.82, 2.24) is 4.98 Å². The third kappa shape index (κ3) is 3.23. The number of hydrogen-bond donors (Lipinski definition) is 2.